The second kappa shape index (κ2) is 3.72. The summed E-state index contributed by atoms with van der Waals surface area (Å²) in [7, 11) is -3.03. The minimum atomic E-state index is -3.03. The highest BCUT2D eigenvalue weighted by molar-refractivity contribution is 7.89. The van der Waals surface area contributed by atoms with Crippen LogP contribution < -0.4 is 5.73 Å². The molecule has 0 spiro atoms. The Hall–Kier alpha value is -0.130. The Labute approximate surface area is 73.8 Å². The molecular weight excluding hydrogens is 176 g/mol. The van der Waals surface area contributed by atoms with Gasteiger partial charge < -0.3 is 5.73 Å². The molecule has 0 aromatic rings. The van der Waals surface area contributed by atoms with E-state index in [4.69, 9.17) is 5.73 Å². The largest absolute Gasteiger partial charge is 0.327 e. The molecule has 5 heteroatoms. The van der Waals surface area contributed by atoms with Crippen molar-refractivity contribution >= 4 is 10.0 Å². The Kier molecular flexibility index (Phi) is 3.09. The second-order valence-corrected chi connectivity index (χ2v) is 5.21. The zero-order valence-corrected chi connectivity index (χ0v) is 8.18. The second-order valence-electron chi connectivity index (χ2n) is 3.20. The van der Waals surface area contributed by atoms with Gasteiger partial charge in [0.25, 0.3) is 0 Å². The monoisotopic (exact) mass is 192 g/mol. The molecule has 1 atom stereocenters. The zero-order chi connectivity index (χ0) is 9.19. The summed E-state index contributed by atoms with van der Waals surface area (Å²) in [6, 6.07) is -0.212. The molecule has 0 aromatic heterocycles. The molecule has 0 saturated carbocycles. The van der Waals surface area contributed by atoms with E-state index in [-0.39, 0.29) is 11.8 Å². The van der Waals surface area contributed by atoms with Crippen LogP contribution in [0.5, 0.6) is 0 Å². The molecule has 4 nitrogen and oxygen atoms in total. The van der Waals surface area contributed by atoms with Gasteiger partial charge in [-0.3, -0.25) is 0 Å². The van der Waals surface area contributed by atoms with E-state index in [1.54, 1.807) is 0 Å². The van der Waals surface area contributed by atoms with Gasteiger partial charge in [0, 0.05) is 19.1 Å². The lowest BCUT2D eigenvalue weighted by molar-refractivity contribution is 0.308. The molecule has 1 unspecified atom stereocenters. The molecule has 1 heterocycles. The van der Waals surface area contributed by atoms with Gasteiger partial charge in [-0.05, 0) is 12.8 Å². The minimum Gasteiger partial charge on any atom is -0.327 e. The van der Waals surface area contributed by atoms with E-state index in [0.717, 1.165) is 6.42 Å². The Balaban J connectivity index is 2.48. The van der Waals surface area contributed by atoms with Crippen LogP contribution >= 0.6 is 0 Å². The third-order valence-electron chi connectivity index (χ3n) is 2.16. The molecule has 0 aliphatic carbocycles. The number of hydrogen-bond acceptors (Lipinski definition) is 3. The highest BCUT2D eigenvalue weighted by Gasteiger charge is 2.28. The van der Waals surface area contributed by atoms with Gasteiger partial charge in [-0.15, -0.1) is 0 Å². The first-order valence-corrected chi connectivity index (χ1v) is 5.90. The van der Waals surface area contributed by atoms with Crippen molar-refractivity contribution in [1.82, 2.24) is 4.31 Å². The molecule has 0 bridgehead atoms. The fraction of sp³-hybridized carbons (Fsp3) is 1.00. The van der Waals surface area contributed by atoms with Gasteiger partial charge in [-0.1, -0.05) is 6.92 Å². The van der Waals surface area contributed by atoms with Crippen molar-refractivity contribution < 1.29 is 8.42 Å². The van der Waals surface area contributed by atoms with Gasteiger partial charge in [0.15, 0.2) is 0 Å². The summed E-state index contributed by atoms with van der Waals surface area (Å²) in [5.41, 5.74) is 5.57. The molecule has 12 heavy (non-hydrogen) atoms. The Bertz CT molecular complexity index is 234. The molecule has 0 aromatic carbocycles. The van der Waals surface area contributed by atoms with E-state index < -0.39 is 10.0 Å². The fourth-order valence-corrected chi connectivity index (χ4v) is 2.86. The van der Waals surface area contributed by atoms with Gasteiger partial charge in [0.2, 0.25) is 10.0 Å². The maximum absolute atomic E-state index is 11.4. The molecule has 1 aliphatic rings. The molecule has 1 saturated heterocycles. The molecule has 0 amide bonds. The van der Waals surface area contributed by atoms with Gasteiger partial charge in [0.05, 0.1) is 5.75 Å². The predicted octanol–water partition coefficient (Wildman–Crippen LogP) is -0.241. The van der Waals surface area contributed by atoms with Crippen LogP contribution in [0.2, 0.25) is 0 Å². The summed E-state index contributed by atoms with van der Waals surface area (Å²) >= 11 is 0. The van der Waals surface area contributed by atoms with Crippen LogP contribution in [0.15, 0.2) is 0 Å². The van der Waals surface area contributed by atoms with E-state index in [1.807, 2.05) is 6.92 Å². The van der Waals surface area contributed by atoms with Crippen LogP contribution in [0.25, 0.3) is 0 Å². The topological polar surface area (TPSA) is 63.4 Å². The molecule has 1 fully saturated rings. The molecule has 2 N–H and O–H groups in total. The Morgan fingerprint density at radius 1 is 1.50 bits per heavy atom. The van der Waals surface area contributed by atoms with E-state index in [0.29, 0.717) is 19.5 Å². The summed E-state index contributed by atoms with van der Waals surface area (Å²) in [5.74, 6) is 0.101. The van der Waals surface area contributed by atoms with Crippen molar-refractivity contribution in [3.63, 3.8) is 0 Å². The standard InChI is InChI=1S/C7H16N2O2S/c1-2-7(8)6-12(10,11)9-4-3-5-9/h7H,2-6,8H2,1H3. The third kappa shape index (κ3) is 2.18. The van der Waals surface area contributed by atoms with Crippen LogP contribution in [-0.4, -0.2) is 37.6 Å². The normalized spacial score (nSPS) is 21.8. The maximum atomic E-state index is 11.4. The Morgan fingerprint density at radius 3 is 2.42 bits per heavy atom. The lowest BCUT2D eigenvalue weighted by Crippen LogP contribution is -2.46. The summed E-state index contributed by atoms with van der Waals surface area (Å²) in [6.07, 6.45) is 1.70. The van der Waals surface area contributed by atoms with Crippen molar-refractivity contribution in [1.29, 1.82) is 0 Å². The van der Waals surface area contributed by atoms with Crippen molar-refractivity contribution in [2.75, 3.05) is 18.8 Å². The first kappa shape index (κ1) is 9.95. The molecule has 72 valence electrons. The highest BCUT2D eigenvalue weighted by atomic mass is 32.2. The molecular formula is C7H16N2O2S. The molecule has 1 rings (SSSR count). The highest BCUT2D eigenvalue weighted by Crippen LogP contribution is 2.13. The van der Waals surface area contributed by atoms with Crippen molar-refractivity contribution in [2.24, 2.45) is 5.73 Å². The van der Waals surface area contributed by atoms with E-state index in [2.05, 4.69) is 0 Å². The van der Waals surface area contributed by atoms with E-state index >= 15 is 0 Å². The van der Waals surface area contributed by atoms with Gasteiger partial charge in [-0.25, -0.2) is 12.7 Å². The number of hydrogen-bond donors (Lipinski definition) is 1. The molecule has 1 aliphatic heterocycles. The van der Waals surface area contributed by atoms with Crippen LogP contribution in [0.3, 0.4) is 0 Å². The molecule has 0 radical (unpaired) electrons. The van der Waals surface area contributed by atoms with Crippen molar-refractivity contribution in [3.8, 4) is 0 Å². The summed E-state index contributed by atoms with van der Waals surface area (Å²) < 4.78 is 24.4. The Morgan fingerprint density at radius 2 is 2.08 bits per heavy atom. The maximum Gasteiger partial charge on any atom is 0.215 e. The quantitative estimate of drug-likeness (QED) is 0.668. The van der Waals surface area contributed by atoms with Gasteiger partial charge in [0.1, 0.15) is 0 Å². The third-order valence-corrected chi connectivity index (χ3v) is 4.16. The SMILES string of the molecule is CCC(N)CS(=O)(=O)N1CCC1. The van der Waals surface area contributed by atoms with Crippen LogP contribution in [0, 0.1) is 0 Å². The van der Waals surface area contributed by atoms with E-state index in [1.165, 1.54) is 4.31 Å². The first-order valence-electron chi connectivity index (χ1n) is 4.29. The number of nitrogens with two attached hydrogens (primary N) is 1. The van der Waals surface area contributed by atoms with Crippen LogP contribution in [0.4, 0.5) is 0 Å². The van der Waals surface area contributed by atoms with Crippen LogP contribution in [0.1, 0.15) is 19.8 Å². The average Bonchev–Trinajstić information content (AvgIpc) is 1.80. The first-order chi connectivity index (χ1) is 5.56. The smallest absolute Gasteiger partial charge is 0.215 e. The number of rotatable bonds is 4. The van der Waals surface area contributed by atoms with Gasteiger partial charge in [-0.2, -0.15) is 0 Å². The van der Waals surface area contributed by atoms with Crippen molar-refractivity contribution in [3.05, 3.63) is 0 Å². The number of nitrogens with zero attached hydrogens (tertiary/aromatic N) is 1. The lowest BCUT2D eigenvalue weighted by Gasteiger charge is -2.30. The minimum absolute atomic E-state index is 0.101. The van der Waals surface area contributed by atoms with Crippen LogP contribution in [-0.2, 0) is 10.0 Å². The summed E-state index contributed by atoms with van der Waals surface area (Å²) in [4.78, 5) is 0. The number of sulfonamides is 1. The van der Waals surface area contributed by atoms with E-state index in [9.17, 15) is 8.42 Å². The van der Waals surface area contributed by atoms with Gasteiger partial charge >= 0.3 is 0 Å². The fourth-order valence-electron chi connectivity index (χ4n) is 1.06. The zero-order valence-electron chi connectivity index (χ0n) is 7.36. The lowest BCUT2D eigenvalue weighted by atomic mass is 10.3. The summed E-state index contributed by atoms with van der Waals surface area (Å²) in [6.45, 7) is 3.26. The summed E-state index contributed by atoms with van der Waals surface area (Å²) in [5, 5.41) is 0. The van der Waals surface area contributed by atoms with Crippen molar-refractivity contribution in [2.45, 2.75) is 25.8 Å². The average molecular weight is 192 g/mol. The predicted molar refractivity (Wildman–Crippen MR) is 48.2 cm³/mol.